The topological polar surface area (TPSA) is 121 Å². The Morgan fingerprint density at radius 1 is 1.23 bits per heavy atom. The van der Waals surface area contributed by atoms with Gasteiger partial charge in [0.1, 0.15) is 5.25 Å². The van der Waals surface area contributed by atoms with E-state index in [0.29, 0.717) is 6.21 Å². The normalized spacial score (nSPS) is 14.2. The second-order valence-electron chi connectivity index (χ2n) is 5.17. The first-order valence-electron chi connectivity index (χ1n) is 6.72. The van der Waals surface area contributed by atoms with Crippen molar-refractivity contribution in [3.05, 3.63) is 0 Å². The van der Waals surface area contributed by atoms with E-state index in [2.05, 4.69) is 5.32 Å². The van der Waals surface area contributed by atoms with Crippen LogP contribution < -0.4 is 5.32 Å². The molecular formula is C13H22N2O5S2. The molecule has 0 saturated carbocycles. The van der Waals surface area contributed by atoms with Crippen molar-refractivity contribution < 1.29 is 22.8 Å². The Balaban J connectivity index is 4.99. The number of hydrogen-bond acceptors (Lipinski definition) is 7. The summed E-state index contributed by atoms with van der Waals surface area (Å²) in [5.41, 5.74) is 0. The molecule has 1 amide bonds. The van der Waals surface area contributed by atoms with Gasteiger partial charge >= 0.3 is 0 Å². The van der Waals surface area contributed by atoms with Gasteiger partial charge in [0.05, 0.1) is 12.3 Å². The van der Waals surface area contributed by atoms with Gasteiger partial charge in [0.15, 0.2) is 15.6 Å². The van der Waals surface area contributed by atoms with E-state index >= 15 is 0 Å². The first-order chi connectivity index (χ1) is 9.98. The number of nitrogens with one attached hydrogen (secondary N) is 2. The molecule has 22 heavy (non-hydrogen) atoms. The molecule has 2 N–H and O–H groups in total. The average Bonchev–Trinajstić information content (AvgIpc) is 2.39. The highest BCUT2D eigenvalue weighted by molar-refractivity contribution is 8.14. The summed E-state index contributed by atoms with van der Waals surface area (Å²) in [5, 5.41) is 7.62. The van der Waals surface area contributed by atoms with Crippen LogP contribution in [-0.2, 0) is 24.2 Å². The number of thioether (sulfide) groups is 1. The van der Waals surface area contributed by atoms with Crippen LogP contribution in [0.2, 0.25) is 0 Å². The SMILES string of the molecule is CC(C)SC(=O)[C@H](CCC(=O)C=N)NC(=O)[C@H](C)S(C)(=O)=O. The molecule has 126 valence electrons. The summed E-state index contributed by atoms with van der Waals surface area (Å²) in [6, 6.07) is -0.951. The van der Waals surface area contributed by atoms with Gasteiger partial charge < -0.3 is 10.7 Å². The van der Waals surface area contributed by atoms with Gasteiger partial charge in [-0.05, 0) is 13.3 Å². The molecule has 0 rings (SSSR count). The smallest absolute Gasteiger partial charge is 0.238 e. The van der Waals surface area contributed by atoms with Crippen LogP contribution in [0.4, 0.5) is 0 Å². The van der Waals surface area contributed by atoms with Crippen LogP contribution in [0.25, 0.3) is 0 Å². The van der Waals surface area contributed by atoms with E-state index in [4.69, 9.17) is 5.41 Å². The lowest BCUT2D eigenvalue weighted by Gasteiger charge is -2.19. The van der Waals surface area contributed by atoms with E-state index in [-0.39, 0.29) is 23.2 Å². The molecule has 0 spiro atoms. The zero-order chi connectivity index (χ0) is 17.5. The lowest BCUT2D eigenvalue weighted by Crippen LogP contribution is -2.46. The first kappa shape index (κ1) is 20.8. The van der Waals surface area contributed by atoms with Crippen molar-refractivity contribution >= 4 is 44.6 Å². The maximum absolute atomic E-state index is 12.1. The third kappa shape index (κ3) is 7.69. The van der Waals surface area contributed by atoms with Crippen molar-refractivity contribution in [3.8, 4) is 0 Å². The standard InChI is InChI=1S/C13H22N2O5S2/c1-8(2)21-13(18)11(6-5-10(16)7-14)15-12(17)9(3)22(4,19)20/h7-9,11,14H,5-6H2,1-4H3,(H,15,17)/t9-,11-/m0/s1. The van der Waals surface area contributed by atoms with E-state index in [0.717, 1.165) is 18.0 Å². The van der Waals surface area contributed by atoms with Crippen LogP contribution in [0.3, 0.4) is 0 Å². The third-order valence-electron chi connectivity index (χ3n) is 2.80. The Hall–Kier alpha value is -1.22. The van der Waals surface area contributed by atoms with Crippen LogP contribution in [0.15, 0.2) is 0 Å². The average molecular weight is 350 g/mol. The predicted octanol–water partition coefficient (Wildman–Crippen LogP) is 0.571. The Kier molecular flexibility index (Phi) is 8.54. The zero-order valence-electron chi connectivity index (χ0n) is 13.1. The van der Waals surface area contributed by atoms with Gasteiger partial charge in [0, 0.05) is 17.9 Å². The lowest BCUT2D eigenvalue weighted by molar-refractivity contribution is -0.124. The largest absolute Gasteiger partial charge is 0.344 e. The predicted molar refractivity (Wildman–Crippen MR) is 87.0 cm³/mol. The van der Waals surface area contributed by atoms with E-state index in [9.17, 15) is 22.8 Å². The molecule has 0 aliphatic rings. The molecule has 0 fully saturated rings. The maximum Gasteiger partial charge on any atom is 0.238 e. The summed E-state index contributed by atoms with van der Waals surface area (Å²) < 4.78 is 22.8. The Morgan fingerprint density at radius 3 is 2.18 bits per heavy atom. The fourth-order valence-corrected chi connectivity index (χ4v) is 2.67. The van der Waals surface area contributed by atoms with E-state index < -0.39 is 32.8 Å². The monoisotopic (exact) mass is 350 g/mol. The fourth-order valence-electron chi connectivity index (χ4n) is 1.41. The minimum absolute atomic E-state index is 0.00216. The molecule has 0 saturated heterocycles. The van der Waals surface area contributed by atoms with Crippen LogP contribution >= 0.6 is 11.8 Å². The molecular weight excluding hydrogens is 328 g/mol. The summed E-state index contributed by atoms with van der Waals surface area (Å²) in [7, 11) is -3.57. The van der Waals surface area contributed by atoms with Crippen molar-refractivity contribution in [3.63, 3.8) is 0 Å². The zero-order valence-corrected chi connectivity index (χ0v) is 14.7. The van der Waals surface area contributed by atoms with Crippen molar-refractivity contribution in [1.82, 2.24) is 5.32 Å². The highest BCUT2D eigenvalue weighted by Gasteiger charge is 2.29. The number of Topliss-reactive ketones (excluding diaryl/α,β-unsaturated/α-hetero) is 1. The van der Waals surface area contributed by atoms with Crippen LogP contribution in [0, 0.1) is 5.41 Å². The van der Waals surface area contributed by atoms with Gasteiger partial charge in [-0.2, -0.15) is 0 Å². The number of sulfone groups is 1. The highest BCUT2D eigenvalue weighted by atomic mass is 32.2. The molecule has 0 radical (unpaired) electrons. The van der Waals surface area contributed by atoms with Crippen molar-refractivity contribution in [1.29, 1.82) is 5.41 Å². The first-order valence-corrected chi connectivity index (χ1v) is 9.55. The molecule has 9 heteroatoms. The molecule has 0 aliphatic heterocycles. The van der Waals surface area contributed by atoms with E-state index in [1.165, 1.54) is 6.92 Å². The molecule has 0 aromatic rings. The summed E-state index contributed by atoms with van der Waals surface area (Å²) in [5.74, 6) is -1.23. The number of rotatable bonds is 9. The van der Waals surface area contributed by atoms with Gasteiger partial charge in [-0.15, -0.1) is 0 Å². The van der Waals surface area contributed by atoms with Gasteiger partial charge in [-0.3, -0.25) is 14.4 Å². The maximum atomic E-state index is 12.1. The van der Waals surface area contributed by atoms with Crippen LogP contribution in [0.1, 0.15) is 33.6 Å². The number of ketones is 1. The minimum Gasteiger partial charge on any atom is -0.344 e. The highest BCUT2D eigenvalue weighted by Crippen LogP contribution is 2.16. The van der Waals surface area contributed by atoms with Gasteiger partial charge in [-0.25, -0.2) is 8.42 Å². The molecule has 0 bridgehead atoms. The molecule has 7 nitrogen and oxygen atoms in total. The second-order valence-corrected chi connectivity index (χ2v) is 9.11. The van der Waals surface area contributed by atoms with Crippen molar-refractivity contribution in [2.45, 2.75) is 50.2 Å². The summed E-state index contributed by atoms with van der Waals surface area (Å²) in [6.45, 7) is 4.86. The number of carbonyl (C=O) groups is 3. The third-order valence-corrected chi connectivity index (χ3v) is 5.29. The van der Waals surface area contributed by atoms with Gasteiger partial charge in [0.2, 0.25) is 11.0 Å². The van der Waals surface area contributed by atoms with Gasteiger partial charge in [0.25, 0.3) is 0 Å². The quantitative estimate of drug-likeness (QED) is 0.586. The number of carbonyl (C=O) groups excluding carboxylic acids is 3. The minimum atomic E-state index is -3.57. The van der Waals surface area contributed by atoms with Crippen molar-refractivity contribution in [2.24, 2.45) is 0 Å². The number of amides is 1. The Labute approximate surface area is 135 Å². The van der Waals surface area contributed by atoms with Crippen LogP contribution in [0.5, 0.6) is 0 Å². The Bertz CT molecular complexity index is 543. The van der Waals surface area contributed by atoms with Crippen molar-refractivity contribution in [2.75, 3.05) is 6.26 Å². The summed E-state index contributed by atoms with van der Waals surface area (Å²) in [4.78, 5) is 35.2. The lowest BCUT2D eigenvalue weighted by atomic mass is 10.1. The molecule has 0 aromatic carbocycles. The van der Waals surface area contributed by atoms with Gasteiger partial charge in [-0.1, -0.05) is 25.6 Å². The summed E-state index contributed by atoms with van der Waals surface area (Å²) >= 11 is 1.01. The van der Waals surface area contributed by atoms with E-state index in [1.54, 1.807) is 0 Å². The molecule has 0 aromatic heterocycles. The summed E-state index contributed by atoms with van der Waals surface area (Å²) in [6.07, 6.45) is 1.56. The molecule has 2 atom stereocenters. The molecule has 0 heterocycles. The Morgan fingerprint density at radius 2 is 1.77 bits per heavy atom. The molecule has 0 aliphatic carbocycles. The number of hydrogen-bond donors (Lipinski definition) is 2. The van der Waals surface area contributed by atoms with Crippen LogP contribution in [-0.4, -0.2) is 54.2 Å². The molecule has 0 unspecified atom stereocenters. The van der Waals surface area contributed by atoms with E-state index in [1.807, 2.05) is 13.8 Å². The fraction of sp³-hybridized carbons (Fsp3) is 0.692. The second kappa shape index (κ2) is 9.04.